The van der Waals surface area contributed by atoms with Crippen molar-refractivity contribution < 1.29 is 36.6 Å². The highest BCUT2D eigenvalue weighted by atomic mass is 19.4. The molecular weight excluding hydrogens is 554 g/mol. The van der Waals surface area contributed by atoms with Crippen molar-refractivity contribution in [2.45, 2.75) is 44.4 Å². The van der Waals surface area contributed by atoms with Gasteiger partial charge in [0.1, 0.15) is 29.2 Å². The van der Waals surface area contributed by atoms with Crippen LogP contribution >= 0.6 is 0 Å². The average molecular weight is 582 g/mol. The van der Waals surface area contributed by atoms with Crippen LogP contribution in [0.3, 0.4) is 0 Å². The molecule has 0 unspecified atom stereocenters. The number of carbonyl (C=O) groups excluding carboxylic acids is 1. The Morgan fingerprint density at radius 3 is 2.52 bits per heavy atom. The summed E-state index contributed by atoms with van der Waals surface area (Å²) in [5.41, 5.74) is 1.13. The fraction of sp³-hybridized carbons (Fsp3) is 0.323. The van der Waals surface area contributed by atoms with Crippen molar-refractivity contribution in [3.05, 3.63) is 82.4 Å². The van der Waals surface area contributed by atoms with Crippen LogP contribution in [-0.4, -0.2) is 34.5 Å². The largest absolute Gasteiger partial charge is 0.492 e. The summed E-state index contributed by atoms with van der Waals surface area (Å²) in [6.07, 6.45) is -4.86. The van der Waals surface area contributed by atoms with Gasteiger partial charge in [0.15, 0.2) is 5.82 Å². The number of ether oxygens (including phenoxy) is 3. The summed E-state index contributed by atoms with van der Waals surface area (Å²) in [5, 5.41) is 4.33. The molecule has 0 amide bonds. The second kappa shape index (κ2) is 10.5. The van der Waals surface area contributed by atoms with Gasteiger partial charge in [0.2, 0.25) is 0 Å². The van der Waals surface area contributed by atoms with Crippen LogP contribution in [0.25, 0.3) is 22.5 Å². The van der Waals surface area contributed by atoms with E-state index in [1.54, 1.807) is 61.1 Å². The smallest absolute Gasteiger partial charge is 0.417 e. The minimum absolute atomic E-state index is 0.0513. The Labute approximate surface area is 239 Å². The molecule has 0 saturated carbocycles. The maximum atomic E-state index is 15.4. The first kappa shape index (κ1) is 27.7. The van der Waals surface area contributed by atoms with E-state index in [0.717, 1.165) is 5.56 Å². The number of hydrogen-bond acceptors (Lipinski definition) is 6. The van der Waals surface area contributed by atoms with Crippen LogP contribution in [0.4, 0.5) is 17.6 Å². The summed E-state index contributed by atoms with van der Waals surface area (Å²) in [6.45, 7) is 2.12. The Balaban J connectivity index is 1.33. The number of methoxy groups -OCH3 is 1. The van der Waals surface area contributed by atoms with Crippen molar-refractivity contribution >= 4 is 5.97 Å². The zero-order valence-corrected chi connectivity index (χ0v) is 23.1. The first-order valence-corrected chi connectivity index (χ1v) is 13.4. The highest BCUT2D eigenvalue weighted by Crippen LogP contribution is 2.48. The van der Waals surface area contributed by atoms with Gasteiger partial charge in [0, 0.05) is 35.7 Å². The standard InChI is InChI=1S/C31H27F4N3O4/c1-16-36-30(37-38(16)2)18-6-4-17(5-7-18)28-22-10-11-25(29(22)24(32)14-23(28)31(33,34)35)42-20-8-9-21-19(12-27(39)40-3)15-41-26(21)13-20/h4-9,13-14,19,25H,10-12,15H2,1-3H3/t19-,25-/m1/s1. The summed E-state index contributed by atoms with van der Waals surface area (Å²) in [6, 6.07) is 12.2. The van der Waals surface area contributed by atoms with E-state index in [4.69, 9.17) is 14.2 Å². The Hall–Kier alpha value is -4.41. The number of fused-ring (bicyclic) bond motifs is 2. The van der Waals surface area contributed by atoms with Gasteiger partial charge in [-0.05, 0) is 48.6 Å². The SMILES string of the molecule is COC(=O)C[C@@H]1COc2cc(O[C@@H]3CCc4c(-c5ccc(-c6nc(C)n(C)n6)cc5)c(C(F)(F)F)cc(F)c43)ccc21. The van der Waals surface area contributed by atoms with Crippen molar-refractivity contribution in [3.63, 3.8) is 0 Å². The first-order valence-electron chi connectivity index (χ1n) is 13.4. The summed E-state index contributed by atoms with van der Waals surface area (Å²) >= 11 is 0. The number of benzene rings is 3. The van der Waals surface area contributed by atoms with E-state index in [0.29, 0.717) is 53.4 Å². The number of aryl methyl sites for hydroxylation is 2. The number of rotatable bonds is 6. The Morgan fingerprint density at radius 2 is 1.86 bits per heavy atom. The molecule has 0 N–H and O–H groups in total. The molecule has 11 heteroatoms. The number of halogens is 4. The van der Waals surface area contributed by atoms with E-state index in [-0.39, 0.29) is 41.4 Å². The zero-order chi connectivity index (χ0) is 29.8. The Morgan fingerprint density at radius 1 is 1.12 bits per heavy atom. The summed E-state index contributed by atoms with van der Waals surface area (Å²) < 4.78 is 76.3. The summed E-state index contributed by atoms with van der Waals surface area (Å²) in [7, 11) is 3.08. The molecule has 1 aliphatic carbocycles. The molecule has 42 heavy (non-hydrogen) atoms. The molecule has 1 aliphatic heterocycles. The molecule has 3 aromatic carbocycles. The van der Waals surface area contributed by atoms with Crippen LogP contribution in [0.15, 0.2) is 48.5 Å². The van der Waals surface area contributed by atoms with Crippen molar-refractivity contribution in [1.29, 1.82) is 0 Å². The topological polar surface area (TPSA) is 75.5 Å². The van der Waals surface area contributed by atoms with Crippen molar-refractivity contribution in [2.75, 3.05) is 13.7 Å². The molecule has 0 bridgehead atoms. The summed E-state index contributed by atoms with van der Waals surface area (Å²) in [4.78, 5) is 16.1. The third-order valence-corrected chi connectivity index (χ3v) is 7.90. The van der Waals surface area contributed by atoms with E-state index < -0.39 is 23.7 Å². The van der Waals surface area contributed by atoms with Crippen LogP contribution in [0.5, 0.6) is 11.5 Å². The molecule has 2 heterocycles. The summed E-state index contributed by atoms with van der Waals surface area (Å²) in [5.74, 6) is 0.654. The third kappa shape index (κ3) is 4.97. The van der Waals surface area contributed by atoms with Gasteiger partial charge in [-0.15, -0.1) is 0 Å². The van der Waals surface area contributed by atoms with Crippen molar-refractivity contribution in [2.24, 2.45) is 7.05 Å². The fourth-order valence-electron chi connectivity index (χ4n) is 5.74. The number of esters is 1. The lowest BCUT2D eigenvalue weighted by Crippen LogP contribution is -2.12. The van der Waals surface area contributed by atoms with E-state index in [9.17, 15) is 18.0 Å². The number of aromatic nitrogens is 3. The minimum Gasteiger partial charge on any atom is -0.492 e. The predicted octanol–water partition coefficient (Wildman–Crippen LogP) is 6.72. The number of hydrogen-bond donors (Lipinski definition) is 0. The maximum absolute atomic E-state index is 15.4. The quantitative estimate of drug-likeness (QED) is 0.186. The lowest BCUT2D eigenvalue weighted by molar-refractivity contribution is -0.141. The minimum atomic E-state index is -4.76. The number of alkyl halides is 3. The lowest BCUT2D eigenvalue weighted by Gasteiger charge is -2.21. The molecule has 0 saturated heterocycles. The van der Waals surface area contributed by atoms with Crippen LogP contribution in [0, 0.1) is 12.7 Å². The molecule has 0 radical (unpaired) electrons. The van der Waals surface area contributed by atoms with E-state index >= 15 is 4.39 Å². The highest BCUT2D eigenvalue weighted by Gasteiger charge is 2.40. The normalized spacial score (nSPS) is 17.5. The number of carbonyl (C=O) groups is 1. The van der Waals surface area contributed by atoms with Gasteiger partial charge in [-0.2, -0.15) is 18.3 Å². The fourth-order valence-corrected chi connectivity index (χ4v) is 5.74. The van der Waals surface area contributed by atoms with Crippen molar-refractivity contribution in [1.82, 2.24) is 14.8 Å². The monoisotopic (exact) mass is 581 g/mol. The van der Waals surface area contributed by atoms with Crippen LogP contribution < -0.4 is 9.47 Å². The molecule has 0 fully saturated rings. The van der Waals surface area contributed by atoms with Crippen LogP contribution in [0.2, 0.25) is 0 Å². The maximum Gasteiger partial charge on any atom is 0.417 e. The second-order valence-corrected chi connectivity index (χ2v) is 10.5. The molecule has 0 spiro atoms. The predicted molar refractivity (Wildman–Crippen MR) is 145 cm³/mol. The third-order valence-electron chi connectivity index (χ3n) is 7.90. The van der Waals surface area contributed by atoms with Gasteiger partial charge in [-0.25, -0.2) is 9.37 Å². The molecule has 218 valence electrons. The zero-order valence-electron chi connectivity index (χ0n) is 23.1. The molecule has 2 aliphatic rings. The van der Waals surface area contributed by atoms with Gasteiger partial charge in [0.25, 0.3) is 0 Å². The lowest BCUT2D eigenvalue weighted by atomic mass is 9.90. The average Bonchev–Trinajstić information content (AvgIpc) is 3.65. The van der Waals surface area contributed by atoms with Crippen LogP contribution in [0.1, 0.15) is 52.9 Å². The molecule has 6 rings (SSSR count). The van der Waals surface area contributed by atoms with Gasteiger partial charge >= 0.3 is 12.1 Å². The van der Waals surface area contributed by atoms with Gasteiger partial charge < -0.3 is 14.2 Å². The van der Waals surface area contributed by atoms with Gasteiger partial charge in [0.05, 0.1) is 25.7 Å². The second-order valence-electron chi connectivity index (χ2n) is 10.5. The molecule has 1 aromatic heterocycles. The van der Waals surface area contributed by atoms with Crippen LogP contribution in [-0.2, 0) is 29.2 Å². The van der Waals surface area contributed by atoms with E-state index in [1.807, 2.05) is 0 Å². The molecule has 7 nitrogen and oxygen atoms in total. The first-order chi connectivity index (χ1) is 20.0. The molecule has 4 aromatic rings. The van der Waals surface area contributed by atoms with E-state index in [1.165, 1.54) is 7.11 Å². The van der Waals surface area contributed by atoms with E-state index in [2.05, 4.69) is 10.1 Å². The Kier molecular flexibility index (Phi) is 6.90. The Bertz CT molecular complexity index is 1660. The highest BCUT2D eigenvalue weighted by molar-refractivity contribution is 5.76. The van der Waals surface area contributed by atoms with Gasteiger partial charge in [-0.3, -0.25) is 9.48 Å². The van der Waals surface area contributed by atoms with Gasteiger partial charge in [-0.1, -0.05) is 30.3 Å². The van der Waals surface area contributed by atoms with Crippen molar-refractivity contribution in [3.8, 4) is 34.0 Å². The molecular formula is C31H27F4N3O4. The molecule has 2 atom stereocenters. The number of nitrogens with zero attached hydrogens (tertiary/aromatic N) is 3.